The van der Waals surface area contributed by atoms with Crippen molar-refractivity contribution in [2.24, 2.45) is 0 Å². The fourth-order valence-corrected chi connectivity index (χ4v) is 13.1. The Hall–Kier alpha value is 1.78. The van der Waals surface area contributed by atoms with Crippen LogP contribution in [0.1, 0.15) is 110 Å². The first-order valence-electron chi connectivity index (χ1n) is 35.9. The lowest BCUT2D eigenvalue weighted by molar-refractivity contribution is -0.148. The quantitative estimate of drug-likeness (QED) is 0.0113. The maximum absolute atomic E-state index is 10.5. The zero-order chi connectivity index (χ0) is 87.5. The summed E-state index contributed by atoms with van der Waals surface area (Å²) in [5, 5.41) is 20.0. The second kappa shape index (κ2) is 88.2. The van der Waals surface area contributed by atoms with Gasteiger partial charge in [-0.05, 0) is 212 Å². The van der Waals surface area contributed by atoms with Gasteiger partial charge in [-0.25, -0.2) is 0 Å². The average molecular weight is 2030 g/mol. The number of carboxylic acids is 1. The highest BCUT2D eigenvalue weighted by Crippen LogP contribution is 2.28. The molecule has 0 heterocycles. The molecular formula is C80H123ClO9S24. The summed E-state index contributed by atoms with van der Waals surface area (Å²) < 4.78 is 19.3. The number of halogens is 1. The molecule has 34 heteroatoms. The molecule has 9 nitrogen and oxygen atoms in total. The molecule has 2 atom stereocenters. The van der Waals surface area contributed by atoms with Gasteiger partial charge in [-0.2, -0.15) is 177 Å². The monoisotopic (exact) mass is 2030 g/mol. The Labute approximate surface area is 822 Å². The number of aliphatic carboxylic acids is 1. The van der Waals surface area contributed by atoms with Gasteiger partial charge in [0.1, 0.15) is 13.2 Å². The van der Waals surface area contributed by atoms with E-state index < -0.39 is 17.9 Å². The molecule has 114 heavy (non-hydrogen) atoms. The number of esters is 2. The molecule has 2 unspecified atom stereocenters. The normalized spacial score (nSPS) is 10.4. The van der Waals surface area contributed by atoms with Crippen molar-refractivity contribution in [3.8, 4) is 0 Å². The number of aliphatic hydroxyl groups is 1. The lowest BCUT2D eigenvalue weighted by atomic mass is 9.95. The molecule has 648 valence electrons. The predicted octanol–water partition coefficient (Wildman–Crippen LogP) is 24.6. The van der Waals surface area contributed by atoms with Crippen LogP contribution in [0.15, 0.2) is 176 Å². The van der Waals surface area contributed by atoms with E-state index in [4.69, 9.17) is 31.3 Å². The molecule has 7 aromatic rings. The molecule has 0 radical (unpaired) electrons. The second-order valence-corrected chi connectivity index (χ2v) is 34.9. The molecule has 2 N–H and O–H groups in total. The Morgan fingerprint density at radius 1 is 0.386 bits per heavy atom. The van der Waals surface area contributed by atoms with Gasteiger partial charge in [0.2, 0.25) is 0 Å². The van der Waals surface area contributed by atoms with Crippen molar-refractivity contribution in [2.45, 2.75) is 176 Å². The van der Waals surface area contributed by atoms with Crippen molar-refractivity contribution in [3.05, 3.63) is 166 Å². The number of carbonyl (C=O) groups is 3. The molecule has 0 aromatic heterocycles. The number of hydrogen-bond donors (Lipinski definition) is 26. The molecule has 0 saturated carbocycles. The number of carbonyl (C=O) groups excluding carboxylic acids is 2. The highest BCUT2D eigenvalue weighted by Gasteiger charge is 2.09. The van der Waals surface area contributed by atoms with Gasteiger partial charge in [0.05, 0.1) is 49.6 Å². The van der Waals surface area contributed by atoms with Gasteiger partial charge < -0.3 is 29.2 Å². The number of rotatable bonds is 32. The molecule has 0 saturated heterocycles. The molecule has 7 aromatic carbocycles. The Balaban J connectivity index is -0.000000382. The number of unbranched alkanes of at least 4 members (excludes halogenated alkanes) is 7. The van der Waals surface area contributed by atoms with Crippen LogP contribution in [0, 0.1) is 27.7 Å². The second-order valence-electron chi connectivity index (χ2n) is 23.3. The van der Waals surface area contributed by atoms with Crippen LogP contribution in [0.3, 0.4) is 0 Å². The Morgan fingerprint density at radius 3 is 1.11 bits per heavy atom. The predicted molar refractivity (Wildman–Crippen MR) is 576 cm³/mol. The number of hydrogen-bond acceptors (Lipinski definition) is 32. The first-order valence-corrected chi connectivity index (χ1v) is 49.3. The zero-order valence-corrected chi connectivity index (χ0v) is 87.3. The third-order valence-electron chi connectivity index (χ3n) is 14.0. The minimum Gasteiger partial charge on any atom is -0.481 e. The van der Waals surface area contributed by atoms with Gasteiger partial charge in [-0.15, -0.1) is 126 Å². The van der Waals surface area contributed by atoms with E-state index in [9.17, 15) is 14.4 Å². The van der Waals surface area contributed by atoms with E-state index >= 15 is 0 Å². The lowest BCUT2D eigenvalue weighted by Crippen LogP contribution is -2.14. The number of ether oxygens (including phenoxy) is 4. The van der Waals surface area contributed by atoms with Crippen LogP contribution in [0.4, 0.5) is 0 Å². The van der Waals surface area contributed by atoms with Gasteiger partial charge in [-0.1, -0.05) is 98.7 Å². The van der Waals surface area contributed by atoms with Gasteiger partial charge in [0.15, 0.2) is 0 Å². The maximum Gasteiger partial charge on any atom is 0.315 e. The summed E-state index contributed by atoms with van der Waals surface area (Å²) in [7, 11) is 0. The first-order chi connectivity index (χ1) is 54.3. The van der Waals surface area contributed by atoms with Crippen molar-refractivity contribution >= 4 is 343 Å². The van der Waals surface area contributed by atoms with Crippen molar-refractivity contribution in [1.29, 1.82) is 0 Å². The molecule has 0 amide bonds. The van der Waals surface area contributed by atoms with Crippen molar-refractivity contribution in [1.82, 2.24) is 0 Å². The van der Waals surface area contributed by atoms with Crippen LogP contribution in [-0.2, 0) is 44.8 Å². The van der Waals surface area contributed by atoms with Crippen molar-refractivity contribution < 1.29 is 43.5 Å². The number of benzene rings is 7. The standard InChI is InChI=1S/C11H16S2.C10H8S2.C9H20S2.C8H16O2S2.C7H8S2.C6H5ClS2.C6H10O4S2.C6H14O2S2.2C6H6S2.C3H8OS2.C2H6S2/c1-7-4-8(2)11(6-13)9(3)10(7)5-12;11-9-5-1-3-7-8(9)4-2-6-10(7)12;10-8-6-4-2-1-3-5-7-9-11;9-8(10)4-2-1-3-7(12)5-6-11;1-5-2-3-6(8)7(9)4-5;7-5-2-1-4(8)3-6(5)9;7-5(3-11)9-1-2-10-6(8)4-12;9-5-3-7-1-2-8-4-6-10;7-5-1-2-6(8)4-3-5;7-5-3-1-2-4-6(5)8;4-1-3(6)2-5;3-1-2-4/h4,12-13H,5-6H2,1-3H3;1-6,11-12H;10-11H,1-9H2;7,11-12H,1-6H2,(H,9,10);2-4,8-9H,1H3;1-3,8-9H;11-12H,1-4H2;9-10H,1-6H2;2*1-4,7-8H;3-6H,1-2H2;3-4H,1-2H2. The summed E-state index contributed by atoms with van der Waals surface area (Å²) in [5.74, 6) is 7.02. The number of aryl methyl sites for hydroxylation is 3. The first kappa shape index (κ1) is 124. The fourth-order valence-electron chi connectivity index (χ4n) is 8.06. The van der Waals surface area contributed by atoms with E-state index in [1.807, 2.05) is 104 Å². The van der Waals surface area contributed by atoms with Crippen LogP contribution in [0.2, 0.25) is 5.02 Å². The molecule has 0 bridgehead atoms. The molecule has 0 fully saturated rings. The summed E-state index contributed by atoms with van der Waals surface area (Å²) in [6.07, 6.45) is 13.5. The Kier molecular flexibility index (Phi) is 96.2. The van der Waals surface area contributed by atoms with Gasteiger partial charge in [-0.3, -0.25) is 14.4 Å². The molecule has 0 spiro atoms. The zero-order valence-electron chi connectivity index (χ0n) is 65.1. The largest absolute Gasteiger partial charge is 0.481 e. The number of carboxylic acid groups (broad SMARTS) is 1. The van der Waals surface area contributed by atoms with Crippen molar-refractivity contribution in [2.75, 3.05) is 104 Å². The van der Waals surface area contributed by atoms with Gasteiger partial charge in [0.25, 0.3) is 0 Å². The summed E-state index contributed by atoms with van der Waals surface area (Å²) in [5.41, 5.74) is 7.99. The van der Waals surface area contributed by atoms with E-state index in [1.54, 1.807) is 12.1 Å². The smallest absolute Gasteiger partial charge is 0.315 e. The van der Waals surface area contributed by atoms with E-state index in [1.165, 1.54) is 78.3 Å². The number of aliphatic hydroxyl groups excluding tert-OH is 1. The van der Waals surface area contributed by atoms with Crippen molar-refractivity contribution in [3.63, 3.8) is 0 Å². The van der Waals surface area contributed by atoms with Crippen LogP contribution in [-0.4, -0.2) is 142 Å². The van der Waals surface area contributed by atoms with E-state index in [2.05, 4.69) is 352 Å². The highest BCUT2D eigenvalue weighted by atomic mass is 35.5. The van der Waals surface area contributed by atoms with Gasteiger partial charge >= 0.3 is 17.9 Å². The number of fused-ring (bicyclic) bond motifs is 1. The van der Waals surface area contributed by atoms with E-state index in [0.29, 0.717) is 42.5 Å². The Morgan fingerprint density at radius 2 is 0.798 bits per heavy atom. The lowest BCUT2D eigenvalue weighted by Gasteiger charge is -2.14. The van der Waals surface area contributed by atoms with Gasteiger partial charge in [0, 0.05) is 94.6 Å². The summed E-state index contributed by atoms with van der Waals surface area (Å²) in [6, 6.07) is 40.9. The van der Waals surface area contributed by atoms with Crippen LogP contribution >= 0.6 is 315 Å². The molecule has 0 aliphatic rings. The minimum absolute atomic E-state index is 0.0283. The molecule has 7 rings (SSSR count). The highest BCUT2D eigenvalue weighted by molar-refractivity contribution is 7.86. The topological polar surface area (TPSA) is 129 Å². The number of thiol groups is 24. The van der Waals surface area contributed by atoms with Crippen LogP contribution in [0.25, 0.3) is 10.8 Å². The molecular weight excluding hydrogens is 1910 g/mol. The summed E-state index contributed by atoms with van der Waals surface area (Å²) in [4.78, 5) is 40.4. The minimum atomic E-state index is -0.708. The molecule has 0 aliphatic carbocycles. The van der Waals surface area contributed by atoms with E-state index in [0.717, 1.165) is 137 Å². The molecule has 0 aliphatic heterocycles. The fraction of sp³-hybridized carbons (Fsp3) is 0.463. The van der Waals surface area contributed by atoms with Crippen LogP contribution in [0.5, 0.6) is 0 Å². The summed E-state index contributed by atoms with van der Waals surface area (Å²) in [6.45, 7) is 11.5. The van der Waals surface area contributed by atoms with E-state index in [-0.39, 0.29) is 43.0 Å². The maximum atomic E-state index is 10.5. The SMILES string of the molecule is Cc1cc(C)c(CS)c(C)c1CS.Cc1ccc(S)c(S)c1.O=C(CS)OCCOC(=O)CS.O=C(O)CCCCC(S)CCS.OCC(S)CS.SCCCCCCCCCS.SCCOCCOCCS.SCCS.Sc1ccc(Cl)c(S)c1.Sc1ccc(S)cc1.Sc1cccc2c(S)cccc12.Sc1ccccc1S. The third kappa shape index (κ3) is 76.2. The third-order valence-corrected chi connectivity index (χ3v) is 23.1. The van der Waals surface area contributed by atoms with Crippen LogP contribution < -0.4 is 0 Å². The average Bonchev–Trinajstić information content (AvgIpc) is 0.827. The Bertz CT molecular complexity index is 3290. The summed E-state index contributed by atoms with van der Waals surface area (Å²) >= 11 is 104.